The molecule has 2 heterocycles. The first-order chi connectivity index (χ1) is 27.1. The van der Waals surface area contributed by atoms with Crippen molar-refractivity contribution < 1.29 is 29.3 Å². The van der Waals surface area contributed by atoms with Gasteiger partial charge in [0, 0.05) is 59.1 Å². The Morgan fingerprint density at radius 1 is 0.661 bits per heavy atom. The fourth-order valence-corrected chi connectivity index (χ4v) is 10.2. The third-order valence-electron chi connectivity index (χ3n) is 12.8. The Labute approximate surface area is 337 Å². The zero-order chi connectivity index (χ0) is 39.2. The molecule has 2 aliphatic heterocycles. The zero-order valence-electron chi connectivity index (χ0n) is 31.3. The first-order valence-corrected chi connectivity index (χ1v) is 20.2. The molecule has 2 N–H and O–H groups in total. The second kappa shape index (κ2) is 15.4. The number of phenols is 2. The molecule has 0 saturated heterocycles. The van der Waals surface area contributed by atoms with E-state index in [4.69, 9.17) is 32.7 Å². The summed E-state index contributed by atoms with van der Waals surface area (Å²) in [5.41, 5.74) is 5.78. The quantitative estimate of drug-likeness (QED) is 0.0710. The van der Waals surface area contributed by atoms with Crippen LogP contribution in [-0.4, -0.2) is 58.1 Å². The number of rotatable bonds is 10. The van der Waals surface area contributed by atoms with Gasteiger partial charge in [0.1, 0.15) is 0 Å². The largest absolute Gasteiger partial charge is 0.504 e. The molecule has 4 aliphatic rings. The van der Waals surface area contributed by atoms with E-state index in [9.17, 15) is 19.8 Å². The topological polar surface area (TPSA) is 99.5 Å². The summed E-state index contributed by atoms with van der Waals surface area (Å²) < 4.78 is 11.0. The number of esters is 2. The van der Waals surface area contributed by atoms with Gasteiger partial charge in [0.15, 0.2) is 23.0 Å². The van der Waals surface area contributed by atoms with Crippen LogP contribution < -0.4 is 9.47 Å². The van der Waals surface area contributed by atoms with Crippen molar-refractivity contribution in [2.75, 3.05) is 26.2 Å². The standard InChI is InChI=1S/C46H46Cl2N2O6/c1-3-21-49-23-15-29-25-39(37(51)27-35(29)41(49)45(17-5-18-45)31-7-11-33(47)12-8-31)55-43(53)44(54)56-40-26-30-16-24-50(22-4-2)42(36(30)28-38(40)52)46(19-6-20-46)32-9-13-34(48)14-10-32/h3-4,7-14,25-28,41-42,51-52H,1-2,5-6,15-24H2. The molecule has 0 spiro atoms. The van der Waals surface area contributed by atoms with E-state index in [2.05, 4.69) is 47.2 Å². The summed E-state index contributed by atoms with van der Waals surface area (Å²) in [7, 11) is 0. The lowest BCUT2D eigenvalue weighted by atomic mass is 9.57. The molecule has 2 unspecified atom stereocenters. The van der Waals surface area contributed by atoms with Gasteiger partial charge in [0.25, 0.3) is 0 Å². The van der Waals surface area contributed by atoms with Gasteiger partial charge in [0.05, 0.1) is 0 Å². The van der Waals surface area contributed by atoms with Gasteiger partial charge >= 0.3 is 11.9 Å². The highest BCUT2D eigenvalue weighted by molar-refractivity contribution is 6.31. The molecule has 290 valence electrons. The number of carbonyl (C=O) groups is 2. The lowest BCUT2D eigenvalue weighted by molar-refractivity contribution is -0.156. The fraction of sp³-hybridized carbons (Fsp3) is 0.348. The average Bonchev–Trinajstić information content (AvgIpc) is 3.14. The molecule has 4 aromatic carbocycles. The van der Waals surface area contributed by atoms with E-state index in [0.717, 1.165) is 73.9 Å². The minimum Gasteiger partial charge on any atom is -0.504 e. The average molecular weight is 794 g/mol. The Kier molecular flexibility index (Phi) is 10.5. The van der Waals surface area contributed by atoms with Gasteiger partial charge in [-0.15, -0.1) is 13.2 Å². The monoisotopic (exact) mass is 792 g/mol. The van der Waals surface area contributed by atoms with Crippen LogP contribution in [0.3, 0.4) is 0 Å². The maximum absolute atomic E-state index is 13.2. The van der Waals surface area contributed by atoms with E-state index in [0.29, 0.717) is 36.0 Å². The molecule has 0 radical (unpaired) electrons. The number of nitrogens with zero attached hydrogens (tertiary/aromatic N) is 2. The third-order valence-corrected chi connectivity index (χ3v) is 13.3. The molecule has 2 atom stereocenters. The minimum absolute atomic E-state index is 0.0550. The number of ether oxygens (including phenoxy) is 2. The van der Waals surface area contributed by atoms with E-state index in [1.165, 1.54) is 11.1 Å². The molecule has 2 saturated carbocycles. The Balaban J connectivity index is 1.04. The predicted octanol–water partition coefficient (Wildman–Crippen LogP) is 9.33. The molecular formula is C46H46Cl2N2O6. The molecule has 0 aromatic heterocycles. The highest BCUT2D eigenvalue weighted by atomic mass is 35.5. The number of benzene rings is 4. The minimum atomic E-state index is -1.30. The Hall–Kier alpha value is -4.60. The van der Waals surface area contributed by atoms with E-state index < -0.39 is 11.9 Å². The van der Waals surface area contributed by atoms with E-state index >= 15 is 0 Å². The molecule has 4 aromatic rings. The van der Waals surface area contributed by atoms with Crippen LogP contribution in [-0.2, 0) is 33.3 Å². The lowest BCUT2D eigenvalue weighted by Gasteiger charge is -2.54. The van der Waals surface area contributed by atoms with Crippen molar-refractivity contribution in [2.45, 2.75) is 74.3 Å². The molecule has 2 aliphatic carbocycles. The van der Waals surface area contributed by atoms with Crippen LogP contribution in [0, 0.1) is 0 Å². The molecule has 10 heteroatoms. The van der Waals surface area contributed by atoms with Gasteiger partial charge in [-0.2, -0.15) is 0 Å². The summed E-state index contributed by atoms with van der Waals surface area (Å²) in [6.45, 7) is 10.8. The number of fused-ring (bicyclic) bond motifs is 2. The summed E-state index contributed by atoms with van der Waals surface area (Å²) in [6, 6.07) is 22.6. The summed E-state index contributed by atoms with van der Waals surface area (Å²) >= 11 is 12.5. The van der Waals surface area contributed by atoms with Crippen LogP contribution in [0.25, 0.3) is 0 Å². The summed E-state index contributed by atoms with van der Waals surface area (Å²) in [4.78, 5) is 31.3. The van der Waals surface area contributed by atoms with E-state index in [1.54, 1.807) is 24.3 Å². The van der Waals surface area contributed by atoms with Gasteiger partial charge in [-0.05, 0) is 120 Å². The number of hydrogen-bond donors (Lipinski definition) is 2. The Morgan fingerprint density at radius 3 is 1.36 bits per heavy atom. The van der Waals surface area contributed by atoms with Crippen LogP contribution in [0.1, 0.15) is 84.0 Å². The summed E-state index contributed by atoms with van der Waals surface area (Å²) in [5, 5.41) is 23.9. The van der Waals surface area contributed by atoms with E-state index in [1.807, 2.05) is 36.4 Å². The van der Waals surface area contributed by atoms with Gasteiger partial charge in [-0.25, -0.2) is 9.59 Å². The SMILES string of the molecule is C=CCN1CCc2cc(OC(=O)C(=O)Oc3cc4c(cc3O)C(C3(c5ccc(Cl)cc5)CCC3)N(CC=C)CC4)c(O)cc2C1C1(c2ccc(Cl)cc2)CCC1. The highest BCUT2D eigenvalue weighted by Crippen LogP contribution is 2.58. The number of hydrogen-bond acceptors (Lipinski definition) is 8. The van der Waals surface area contributed by atoms with Crippen molar-refractivity contribution in [2.24, 2.45) is 0 Å². The first-order valence-electron chi connectivity index (χ1n) is 19.4. The summed E-state index contributed by atoms with van der Waals surface area (Å²) in [6.07, 6.45) is 11.2. The lowest BCUT2D eigenvalue weighted by Crippen LogP contribution is -2.51. The molecule has 2 fully saturated rings. The molecule has 8 rings (SSSR count). The van der Waals surface area contributed by atoms with Gasteiger partial charge < -0.3 is 19.7 Å². The highest BCUT2D eigenvalue weighted by Gasteiger charge is 2.51. The maximum Gasteiger partial charge on any atom is 0.423 e. The van der Waals surface area contributed by atoms with Crippen LogP contribution in [0.15, 0.2) is 98.1 Å². The van der Waals surface area contributed by atoms with Gasteiger partial charge in [-0.1, -0.05) is 72.5 Å². The van der Waals surface area contributed by atoms with Crippen LogP contribution in [0.5, 0.6) is 23.0 Å². The van der Waals surface area contributed by atoms with Crippen molar-refractivity contribution in [1.82, 2.24) is 9.80 Å². The van der Waals surface area contributed by atoms with E-state index in [-0.39, 0.29) is 45.9 Å². The van der Waals surface area contributed by atoms with Crippen molar-refractivity contribution in [3.8, 4) is 23.0 Å². The number of phenolic OH excluding ortho intramolecular Hbond substituents is 2. The molecule has 0 bridgehead atoms. The number of aromatic hydroxyl groups is 2. The second-order valence-electron chi connectivity index (χ2n) is 15.7. The number of carbonyl (C=O) groups excluding carboxylic acids is 2. The third kappa shape index (κ3) is 6.70. The Morgan fingerprint density at radius 2 is 1.04 bits per heavy atom. The van der Waals surface area contributed by atoms with Crippen molar-refractivity contribution >= 4 is 35.1 Å². The normalized spacial score (nSPS) is 21.0. The molecule has 56 heavy (non-hydrogen) atoms. The molecule has 0 amide bonds. The molecular weight excluding hydrogens is 747 g/mol. The maximum atomic E-state index is 13.2. The smallest absolute Gasteiger partial charge is 0.423 e. The van der Waals surface area contributed by atoms with Crippen LogP contribution >= 0.6 is 23.2 Å². The Bertz CT molecular complexity index is 2020. The van der Waals surface area contributed by atoms with Crippen molar-refractivity contribution in [1.29, 1.82) is 0 Å². The first kappa shape index (κ1) is 38.3. The van der Waals surface area contributed by atoms with Crippen molar-refractivity contribution in [3.63, 3.8) is 0 Å². The van der Waals surface area contributed by atoms with Gasteiger partial charge in [-0.3, -0.25) is 9.80 Å². The number of halogens is 2. The van der Waals surface area contributed by atoms with Gasteiger partial charge in [0.2, 0.25) is 0 Å². The zero-order valence-corrected chi connectivity index (χ0v) is 32.8. The summed E-state index contributed by atoms with van der Waals surface area (Å²) in [5.74, 6) is -3.36. The molecule has 8 nitrogen and oxygen atoms in total. The van der Waals surface area contributed by atoms with Crippen LogP contribution in [0.2, 0.25) is 10.0 Å². The van der Waals surface area contributed by atoms with Crippen LogP contribution in [0.4, 0.5) is 0 Å². The fourth-order valence-electron chi connectivity index (χ4n) is 9.96. The van der Waals surface area contributed by atoms with Crippen molar-refractivity contribution in [3.05, 3.63) is 142 Å². The second-order valence-corrected chi connectivity index (χ2v) is 16.6. The predicted molar refractivity (Wildman–Crippen MR) is 218 cm³/mol.